The van der Waals surface area contributed by atoms with Crippen molar-refractivity contribution in [3.63, 3.8) is 0 Å². The van der Waals surface area contributed by atoms with E-state index in [4.69, 9.17) is 4.74 Å². The van der Waals surface area contributed by atoms with E-state index >= 15 is 0 Å². The first-order valence-electron chi connectivity index (χ1n) is 7.48. The Kier molecular flexibility index (Phi) is 5.41. The normalized spacial score (nSPS) is 20.0. The first-order chi connectivity index (χ1) is 9.94. The summed E-state index contributed by atoms with van der Waals surface area (Å²) < 4.78 is 31.4. The van der Waals surface area contributed by atoms with Gasteiger partial charge in [-0.05, 0) is 44.2 Å². The largest absolute Gasteiger partial charge is 0.384 e. The first-order valence-corrected chi connectivity index (χ1v) is 9.09. The molecule has 0 aromatic heterocycles. The predicted octanol–water partition coefficient (Wildman–Crippen LogP) is 2.29. The van der Waals surface area contributed by atoms with Crippen LogP contribution < -0.4 is 0 Å². The molecule has 5 heteroatoms. The van der Waals surface area contributed by atoms with Crippen molar-refractivity contribution in [1.82, 2.24) is 4.31 Å². The molecule has 1 aliphatic heterocycles. The standard InChI is InChI=1S/C16H25NO3S/c1-13-6-7-14(2)15(11-13)12-16-5-4-8-17(16)21(18,19)10-9-20-3/h6-7,11,16H,4-5,8-10,12H2,1-3H3. The highest BCUT2D eigenvalue weighted by atomic mass is 32.2. The van der Waals surface area contributed by atoms with Crippen LogP contribution in [-0.2, 0) is 21.2 Å². The number of sulfonamides is 1. The van der Waals surface area contributed by atoms with Gasteiger partial charge >= 0.3 is 0 Å². The Morgan fingerprint density at radius 3 is 2.81 bits per heavy atom. The molecule has 1 unspecified atom stereocenters. The molecule has 1 atom stereocenters. The summed E-state index contributed by atoms with van der Waals surface area (Å²) in [5.74, 6) is 0.0762. The van der Waals surface area contributed by atoms with E-state index in [0.29, 0.717) is 6.54 Å². The number of nitrogens with zero attached hydrogens (tertiary/aromatic N) is 1. The van der Waals surface area contributed by atoms with Crippen LogP contribution in [0.3, 0.4) is 0 Å². The predicted molar refractivity (Wildman–Crippen MR) is 85.0 cm³/mol. The summed E-state index contributed by atoms with van der Waals surface area (Å²) in [6.45, 7) is 5.06. The average molecular weight is 311 g/mol. The third-order valence-corrected chi connectivity index (χ3v) is 6.06. The highest BCUT2D eigenvalue weighted by Crippen LogP contribution is 2.26. The van der Waals surface area contributed by atoms with Crippen molar-refractivity contribution in [2.45, 2.75) is 39.2 Å². The number of aryl methyl sites for hydroxylation is 2. The van der Waals surface area contributed by atoms with Crippen LogP contribution in [0, 0.1) is 13.8 Å². The molecule has 2 rings (SSSR count). The van der Waals surface area contributed by atoms with E-state index in [0.717, 1.165) is 19.3 Å². The lowest BCUT2D eigenvalue weighted by Crippen LogP contribution is -2.39. The van der Waals surface area contributed by atoms with E-state index in [1.54, 1.807) is 4.31 Å². The van der Waals surface area contributed by atoms with Crippen molar-refractivity contribution in [3.05, 3.63) is 34.9 Å². The molecule has 0 bridgehead atoms. The molecule has 1 heterocycles. The van der Waals surface area contributed by atoms with Gasteiger partial charge in [-0.15, -0.1) is 0 Å². The summed E-state index contributed by atoms with van der Waals surface area (Å²) in [6.07, 6.45) is 2.70. The van der Waals surface area contributed by atoms with Crippen LogP contribution in [0.1, 0.15) is 29.5 Å². The van der Waals surface area contributed by atoms with Crippen molar-refractivity contribution in [1.29, 1.82) is 0 Å². The number of methoxy groups -OCH3 is 1. The van der Waals surface area contributed by atoms with Gasteiger partial charge in [-0.25, -0.2) is 8.42 Å². The van der Waals surface area contributed by atoms with Crippen molar-refractivity contribution >= 4 is 10.0 Å². The number of hydrogen-bond acceptors (Lipinski definition) is 3. The Morgan fingerprint density at radius 1 is 1.33 bits per heavy atom. The zero-order valence-electron chi connectivity index (χ0n) is 13.1. The Morgan fingerprint density at radius 2 is 2.10 bits per heavy atom. The summed E-state index contributed by atoms with van der Waals surface area (Å²) in [7, 11) is -1.67. The van der Waals surface area contributed by atoms with Gasteiger partial charge in [0.25, 0.3) is 0 Å². The summed E-state index contributed by atoms with van der Waals surface area (Å²) in [5, 5.41) is 0. The van der Waals surface area contributed by atoms with Gasteiger partial charge in [0.05, 0.1) is 12.4 Å². The minimum atomic E-state index is -3.21. The molecule has 0 radical (unpaired) electrons. The molecule has 1 aromatic carbocycles. The van der Waals surface area contributed by atoms with Gasteiger partial charge in [-0.3, -0.25) is 0 Å². The second-order valence-electron chi connectivity index (χ2n) is 5.85. The molecule has 0 saturated carbocycles. The van der Waals surface area contributed by atoms with Crippen molar-refractivity contribution in [3.8, 4) is 0 Å². The Hall–Kier alpha value is -0.910. The quantitative estimate of drug-likeness (QED) is 0.810. The first kappa shape index (κ1) is 16.5. The lowest BCUT2D eigenvalue weighted by molar-refractivity contribution is 0.215. The summed E-state index contributed by atoms with van der Waals surface area (Å²) in [5.41, 5.74) is 3.72. The second-order valence-corrected chi connectivity index (χ2v) is 7.89. The lowest BCUT2D eigenvalue weighted by Gasteiger charge is -2.24. The highest BCUT2D eigenvalue weighted by molar-refractivity contribution is 7.89. The number of benzene rings is 1. The van der Waals surface area contributed by atoms with Crippen LogP contribution >= 0.6 is 0 Å². The fraction of sp³-hybridized carbons (Fsp3) is 0.625. The number of ether oxygens (including phenoxy) is 1. The summed E-state index contributed by atoms with van der Waals surface area (Å²) in [6, 6.07) is 6.48. The van der Waals surface area contributed by atoms with E-state index in [9.17, 15) is 8.42 Å². The van der Waals surface area contributed by atoms with Gasteiger partial charge < -0.3 is 4.74 Å². The molecule has 1 aromatic rings. The molecule has 1 fully saturated rings. The fourth-order valence-electron chi connectivity index (χ4n) is 2.96. The molecule has 4 nitrogen and oxygen atoms in total. The number of rotatable bonds is 6. The minimum Gasteiger partial charge on any atom is -0.384 e. The van der Waals surface area contributed by atoms with Crippen molar-refractivity contribution < 1.29 is 13.2 Å². The summed E-state index contributed by atoms with van der Waals surface area (Å²) in [4.78, 5) is 0. The van der Waals surface area contributed by atoms with Crippen LogP contribution in [-0.4, -0.2) is 44.8 Å². The van der Waals surface area contributed by atoms with Crippen molar-refractivity contribution in [2.24, 2.45) is 0 Å². The Balaban J connectivity index is 2.14. The zero-order chi connectivity index (χ0) is 15.5. The Labute approximate surface area is 128 Å². The van der Waals surface area contributed by atoms with Gasteiger partial charge in [0, 0.05) is 19.7 Å². The van der Waals surface area contributed by atoms with Crippen LogP contribution in [0.5, 0.6) is 0 Å². The maximum Gasteiger partial charge on any atom is 0.216 e. The SMILES string of the molecule is COCCS(=O)(=O)N1CCCC1Cc1cc(C)ccc1C. The smallest absolute Gasteiger partial charge is 0.216 e. The molecule has 118 valence electrons. The molecule has 1 aliphatic rings. The van der Waals surface area contributed by atoms with Gasteiger partial charge in [-0.1, -0.05) is 23.8 Å². The molecule has 0 spiro atoms. The topological polar surface area (TPSA) is 46.6 Å². The highest BCUT2D eigenvalue weighted by Gasteiger charge is 2.33. The third-order valence-electron chi connectivity index (χ3n) is 4.19. The van der Waals surface area contributed by atoms with Gasteiger partial charge in [0.15, 0.2) is 0 Å². The van der Waals surface area contributed by atoms with Gasteiger partial charge in [0.2, 0.25) is 10.0 Å². The fourth-order valence-corrected chi connectivity index (χ4v) is 4.61. The summed E-state index contributed by atoms with van der Waals surface area (Å²) >= 11 is 0. The van der Waals surface area contributed by atoms with Crippen LogP contribution in [0.25, 0.3) is 0 Å². The molecule has 21 heavy (non-hydrogen) atoms. The molecular weight excluding hydrogens is 286 g/mol. The second kappa shape index (κ2) is 6.90. The van der Waals surface area contributed by atoms with E-state index in [1.807, 2.05) is 0 Å². The van der Waals surface area contributed by atoms with Gasteiger partial charge in [-0.2, -0.15) is 4.31 Å². The van der Waals surface area contributed by atoms with E-state index in [2.05, 4.69) is 32.0 Å². The number of hydrogen-bond donors (Lipinski definition) is 0. The molecule has 0 amide bonds. The molecule has 0 aliphatic carbocycles. The van der Waals surface area contributed by atoms with Gasteiger partial charge in [0.1, 0.15) is 0 Å². The minimum absolute atomic E-state index is 0.0762. The van der Waals surface area contributed by atoms with Crippen LogP contribution in [0.4, 0.5) is 0 Å². The van der Waals surface area contributed by atoms with E-state index in [-0.39, 0.29) is 18.4 Å². The van der Waals surface area contributed by atoms with Crippen molar-refractivity contribution in [2.75, 3.05) is 26.0 Å². The zero-order valence-corrected chi connectivity index (χ0v) is 13.9. The molecular formula is C16H25NO3S. The maximum atomic E-state index is 12.4. The molecule has 0 N–H and O–H groups in total. The third kappa shape index (κ3) is 4.05. The van der Waals surface area contributed by atoms with E-state index < -0.39 is 10.0 Å². The Bertz CT molecular complexity index is 583. The monoisotopic (exact) mass is 311 g/mol. The maximum absolute atomic E-state index is 12.4. The molecule has 1 saturated heterocycles. The van der Waals surface area contributed by atoms with E-state index in [1.165, 1.54) is 23.8 Å². The van der Waals surface area contributed by atoms with Crippen LogP contribution in [0.2, 0.25) is 0 Å². The van der Waals surface area contributed by atoms with Crippen LogP contribution in [0.15, 0.2) is 18.2 Å². The lowest BCUT2D eigenvalue weighted by atomic mass is 9.98. The average Bonchev–Trinajstić information content (AvgIpc) is 2.90.